The number of alkyl halides is 3. The first kappa shape index (κ1) is 15.9. The topological polar surface area (TPSA) is 32.3 Å². The first-order valence-corrected chi connectivity index (χ1v) is 6.09. The van der Waals surface area contributed by atoms with Gasteiger partial charge in [0.05, 0.1) is 11.7 Å². The summed E-state index contributed by atoms with van der Waals surface area (Å²) < 4.78 is 50.5. The van der Waals surface area contributed by atoms with E-state index >= 15 is 0 Å². The number of hydrogen-bond acceptors (Lipinski definition) is 2. The molecule has 0 amide bonds. The molecule has 0 saturated heterocycles. The molecule has 2 N–H and O–H groups in total. The quantitative estimate of drug-likeness (QED) is 0.619. The van der Waals surface area contributed by atoms with E-state index in [4.69, 9.17) is 0 Å². The molecule has 1 aromatic rings. The SMILES string of the molecule is CCC(O)CCNCc1ccc(F)c(C(F)(F)F)c1. The number of hydrogen-bond donors (Lipinski definition) is 2. The summed E-state index contributed by atoms with van der Waals surface area (Å²) in [4.78, 5) is 0. The zero-order valence-electron chi connectivity index (χ0n) is 10.6. The highest BCUT2D eigenvalue weighted by molar-refractivity contribution is 5.27. The first-order valence-electron chi connectivity index (χ1n) is 6.09. The third-order valence-electron chi connectivity index (χ3n) is 2.79. The lowest BCUT2D eigenvalue weighted by Gasteiger charge is -2.11. The van der Waals surface area contributed by atoms with Gasteiger partial charge in [0, 0.05) is 6.54 Å². The molecule has 0 saturated carbocycles. The van der Waals surface area contributed by atoms with Crippen LogP contribution in [0, 0.1) is 5.82 Å². The lowest BCUT2D eigenvalue weighted by Crippen LogP contribution is -2.20. The van der Waals surface area contributed by atoms with Crippen LogP contribution in [0.3, 0.4) is 0 Å². The first-order chi connectivity index (χ1) is 8.84. The molecule has 1 atom stereocenters. The van der Waals surface area contributed by atoms with Crippen LogP contribution in [-0.4, -0.2) is 17.8 Å². The Morgan fingerprint density at radius 3 is 2.58 bits per heavy atom. The average molecular weight is 279 g/mol. The molecule has 0 aliphatic carbocycles. The summed E-state index contributed by atoms with van der Waals surface area (Å²) in [5.41, 5.74) is -0.889. The van der Waals surface area contributed by atoms with E-state index in [2.05, 4.69) is 5.32 Å². The largest absolute Gasteiger partial charge is 0.419 e. The third kappa shape index (κ3) is 5.16. The highest BCUT2D eigenvalue weighted by Gasteiger charge is 2.34. The van der Waals surface area contributed by atoms with Gasteiger partial charge in [0.1, 0.15) is 5.82 Å². The zero-order valence-corrected chi connectivity index (χ0v) is 10.6. The van der Waals surface area contributed by atoms with Gasteiger partial charge in [-0.1, -0.05) is 13.0 Å². The molecule has 0 aliphatic rings. The molecular formula is C13H17F4NO. The maximum Gasteiger partial charge on any atom is 0.419 e. The van der Waals surface area contributed by atoms with E-state index in [0.29, 0.717) is 24.9 Å². The van der Waals surface area contributed by atoms with Crippen LogP contribution in [0.1, 0.15) is 30.9 Å². The van der Waals surface area contributed by atoms with Crippen LogP contribution in [0.4, 0.5) is 17.6 Å². The van der Waals surface area contributed by atoms with Gasteiger partial charge in [0.15, 0.2) is 0 Å². The van der Waals surface area contributed by atoms with Crippen LogP contribution < -0.4 is 5.32 Å². The van der Waals surface area contributed by atoms with Crippen molar-refractivity contribution in [3.63, 3.8) is 0 Å². The summed E-state index contributed by atoms with van der Waals surface area (Å²) in [6.07, 6.45) is -3.93. The second-order valence-electron chi connectivity index (χ2n) is 4.34. The fraction of sp³-hybridized carbons (Fsp3) is 0.538. The van der Waals surface area contributed by atoms with Crippen molar-refractivity contribution >= 4 is 0 Å². The second kappa shape index (κ2) is 6.86. The molecule has 108 valence electrons. The predicted octanol–water partition coefficient (Wildman–Crippen LogP) is 3.10. The minimum absolute atomic E-state index is 0.208. The summed E-state index contributed by atoms with van der Waals surface area (Å²) in [6, 6.07) is 2.94. The molecule has 0 spiro atoms. The van der Waals surface area contributed by atoms with Crippen molar-refractivity contribution in [2.24, 2.45) is 0 Å². The lowest BCUT2D eigenvalue weighted by atomic mass is 10.1. The highest BCUT2D eigenvalue weighted by atomic mass is 19.4. The fourth-order valence-corrected chi connectivity index (χ4v) is 1.61. The van der Waals surface area contributed by atoms with E-state index in [1.165, 1.54) is 6.07 Å². The number of aliphatic hydroxyl groups is 1. The molecule has 0 fully saturated rings. The van der Waals surface area contributed by atoms with E-state index in [-0.39, 0.29) is 6.54 Å². The predicted molar refractivity (Wildman–Crippen MR) is 64.0 cm³/mol. The Bertz CT molecular complexity index is 406. The molecule has 1 unspecified atom stereocenters. The van der Waals surface area contributed by atoms with E-state index in [0.717, 1.165) is 12.1 Å². The molecule has 1 rings (SSSR count). The van der Waals surface area contributed by atoms with Crippen molar-refractivity contribution in [3.8, 4) is 0 Å². The summed E-state index contributed by atoms with van der Waals surface area (Å²) >= 11 is 0. The molecule has 0 aliphatic heterocycles. The lowest BCUT2D eigenvalue weighted by molar-refractivity contribution is -0.140. The van der Waals surface area contributed by atoms with Gasteiger partial charge in [-0.15, -0.1) is 0 Å². The van der Waals surface area contributed by atoms with Crippen molar-refractivity contribution in [3.05, 3.63) is 35.1 Å². The van der Waals surface area contributed by atoms with E-state index < -0.39 is 23.7 Å². The standard InChI is InChI=1S/C13H17F4NO/c1-2-10(19)5-6-18-8-9-3-4-12(14)11(7-9)13(15,16)17/h3-4,7,10,18-19H,2,5-6,8H2,1H3. The van der Waals surface area contributed by atoms with Crippen LogP contribution in [-0.2, 0) is 12.7 Å². The Labute approximate surface area is 109 Å². The van der Waals surface area contributed by atoms with Gasteiger partial charge in [0.2, 0.25) is 0 Å². The normalized spacial score (nSPS) is 13.6. The second-order valence-corrected chi connectivity index (χ2v) is 4.34. The maximum absolute atomic E-state index is 13.0. The number of rotatable bonds is 6. The molecule has 0 radical (unpaired) electrons. The van der Waals surface area contributed by atoms with Gasteiger partial charge in [-0.25, -0.2) is 4.39 Å². The number of benzene rings is 1. The van der Waals surface area contributed by atoms with Crippen LogP contribution >= 0.6 is 0 Å². The monoisotopic (exact) mass is 279 g/mol. The van der Waals surface area contributed by atoms with Crippen molar-refractivity contribution < 1.29 is 22.7 Å². The third-order valence-corrected chi connectivity index (χ3v) is 2.79. The Morgan fingerprint density at radius 2 is 2.00 bits per heavy atom. The summed E-state index contributed by atoms with van der Waals surface area (Å²) in [5.74, 6) is -1.27. The molecule has 6 heteroatoms. The van der Waals surface area contributed by atoms with Crippen molar-refractivity contribution in [1.82, 2.24) is 5.32 Å². The number of halogens is 4. The smallest absolute Gasteiger partial charge is 0.393 e. The summed E-state index contributed by atoms with van der Waals surface area (Å²) in [7, 11) is 0. The van der Waals surface area contributed by atoms with Gasteiger partial charge in [-0.3, -0.25) is 0 Å². The van der Waals surface area contributed by atoms with Gasteiger partial charge in [0.25, 0.3) is 0 Å². The summed E-state index contributed by atoms with van der Waals surface area (Å²) in [5, 5.41) is 12.2. The van der Waals surface area contributed by atoms with Crippen molar-refractivity contribution in [1.29, 1.82) is 0 Å². The van der Waals surface area contributed by atoms with Crippen LogP contribution in [0.25, 0.3) is 0 Å². The molecule has 0 aromatic heterocycles. The van der Waals surface area contributed by atoms with Gasteiger partial charge < -0.3 is 10.4 Å². The van der Waals surface area contributed by atoms with Gasteiger partial charge in [-0.05, 0) is 37.1 Å². The Morgan fingerprint density at radius 1 is 1.32 bits per heavy atom. The zero-order chi connectivity index (χ0) is 14.5. The van der Waals surface area contributed by atoms with Crippen molar-refractivity contribution in [2.45, 2.75) is 38.6 Å². The molecule has 2 nitrogen and oxygen atoms in total. The fourth-order valence-electron chi connectivity index (χ4n) is 1.61. The number of aliphatic hydroxyl groups excluding tert-OH is 1. The van der Waals surface area contributed by atoms with Gasteiger partial charge >= 0.3 is 6.18 Å². The molecule has 19 heavy (non-hydrogen) atoms. The highest BCUT2D eigenvalue weighted by Crippen LogP contribution is 2.31. The molecule has 1 aromatic carbocycles. The minimum Gasteiger partial charge on any atom is -0.393 e. The van der Waals surface area contributed by atoms with Crippen LogP contribution in [0.15, 0.2) is 18.2 Å². The Balaban J connectivity index is 2.56. The minimum atomic E-state index is -4.68. The molecule has 0 heterocycles. The van der Waals surface area contributed by atoms with E-state index in [1.54, 1.807) is 0 Å². The van der Waals surface area contributed by atoms with E-state index in [1.807, 2.05) is 6.92 Å². The Hall–Kier alpha value is -1.14. The average Bonchev–Trinajstić information content (AvgIpc) is 2.34. The maximum atomic E-state index is 13.0. The number of nitrogens with one attached hydrogen (secondary N) is 1. The van der Waals surface area contributed by atoms with Gasteiger partial charge in [-0.2, -0.15) is 13.2 Å². The van der Waals surface area contributed by atoms with Crippen molar-refractivity contribution in [2.75, 3.05) is 6.54 Å². The van der Waals surface area contributed by atoms with Crippen LogP contribution in [0.5, 0.6) is 0 Å². The van der Waals surface area contributed by atoms with Crippen LogP contribution in [0.2, 0.25) is 0 Å². The van der Waals surface area contributed by atoms with E-state index in [9.17, 15) is 22.7 Å². The molecular weight excluding hydrogens is 262 g/mol. The summed E-state index contributed by atoms with van der Waals surface area (Å²) in [6.45, 7) is 2.55. The molecule has 0 bridgehead atoms. The Kier molecular flexibility index (Phi) is 5.75.